The van der Waals surface area contributed by atoms with Crippen LogP contribution in [-0.4, -0.2) is 42.6 Å². The van der Waals surface area contributed by atoms with Gasteiger partial charge in [-0.15, -0.1) is 0 Å². The van der Waals surface area contributed by atoms with Gasteiger partial charge >= 0.3 is 5.97 Å². The summed E-state index contributed by atoms with van der Waals surface area (Å²) < 4.78 is 5.36. The van der Waals surface area contributed by atoms with E-state index in [1.54, 1.807) is 31.2 Å². The van der Waals surface area contributed by atoms with Crippen LogP contribution in [0.4, 0.5) is 0 Å². The third kappa shape index (κ3) is 6.82. The molecule has 7 nitrogen and oxygen atoms in total. The fourth-order valence-electron chi connectivity index (χ4n) is 1.91. The van der Waals surface area contributed by atoms with Gasteiger partial charge in [-0.05, 0) is 25.0 Å². The van der Waals surface area contributed by atoms with Gasteiger partial charge in [0.25, 0.3) is 5.91 Å². The summed E-state index contributed by atoms with van der Waals surface area (Å²) in [6.07, 6.45) is -0.0195. The van der Waals surface area contributed by atoms with E-state index in [2.05, 4.69) is 10.6 Å². The topological polar surface area (TPSA) is 105 Å². The minimum absolute atomic E-state index is 0.0195. The number of para-hydroxylation sites is 1. The summed E-state index contributed by atoms with van der Waals surface area (Å²) >= 11 is 0. The van der Waals surface area contributed by atoms with Crippen LogP contribution in [0.25, 0.3) is 0 Å². The predicted octanol–water partition coefficient (Wildman–Crippen LogP) is 1.04. The van der Waals surface area contributed by atoms with E-state index in [0.29, 0.717) is 17.9 Å². The molecule has 0 bridgehead atoms. The molecule has 1 unspecified atom stereocenters. The molecule has 3 N–H and O–H groups in total. The number of benzene rings is 1. The molecule has 0 aliphatic rings. The molecular weight excluding hydrogens is 300 g/mol. The normalized spacial score (nSPS) is 11.4. The Labute approximate surface area is 135 Å². The van der Waals surface area contributed by atoms with E-state index in [9.17, 15) is 14.4 Å². The molecule has 0 spiro atoms. The van der Waals surface area contributed by atoms with E-state index in [4.69, 9.17) is 9.84 Å². The highest BCUT2D eigenvalue weighted by molar-refractivity contribution is 5.98. The molecule has 0 aliphatic heterocycles. The molecular formula is C16H22N2O5. The fraction of sp³-hybridized carbons (Fsp3) is 0.438. The molecule has 1 aromatic rings. The average Bonchev–Trinajstić information content (AvgIpc) is 2.51. The first-order chi connectivity index (χ1) is 10.9. The van der Waals surface area contributed by atoms with E-state index in [-0.39, 0.29) is 31.3 Å². The maximum atomic E-state index is 12.1. The van der Waals surface area contributed by atoms with Gasteiger partial charge < -0.3 is 20.5 Å². The number of carboxylic acids is 1. The highest BCUT2D eigenvalue weighted by atomic mass is 16.5. The predicted molar refractivity (Wildman–Crippen MR) is 84.4 cm³/mol. The lowest BCUT2D eigenvalue weighted by Gasteiger charge is -2.12. The summed E-state index contributed by atoms with van der Waals surface area (Å²) in [5.41, 5.74) is 0.362. The summed E-state index contributed by atoms with van der Waals surface area (Å²) in [4.78, 5) is 34.3. The summed E-state index contributed by atoms with van der Waals surface area (Å²) in [5.74, 6) is -1.39. The Kier molecular flexibility index (Phi) is 7.59. The molecule has 0 aromatic heterocycles. The lowest BCUT2D eigenvalue weighted by atomic mass is 10.1. The van der Waals surface area contributed by atoms with Crippen molar-refractivity contribution in [3.8, 4) is 5.75 Å². The number of hydrogen-bond donors (Lipinski definition) is 3. The van der Waals surface area contributed by atoms with E-state index in [1.807, 2.05) is 6.92 Å². The first-order valence-corrected chi connectivity index (χ1v) is 7.42. The van der Waals surface area contributed by atoms with Crippen LogP contribution in [0.3, 0.4) is 0 Å². The van der Waals surface area contributed by atoms with Crippen molar-refractivity contribution in [2.24, 2.45) is 5.92 Å². The fourth-order valence-corrected chi connectivity index (χ4v) is 1.91. The number of amides is 2. The smallest absolute Gasteiger partial charge is 0.303 e. The zero-order valence-corrected chi connectivity index (χ0v) is 13.3. The Morgan fingerprint density at radius 1 is 1.22 bits per heavy atom. The summed E-state index contributed by atoms with van der Waals surface area (Å²) in [6.45, 7) is 4.05. The summed E-state index contributed by atoms with van der Waals surface area (Å²) in [6, 6.07) is 6.78. The first kappa shape index (κ1) is 18.5. The van der Waals surface area contributed by atoms with Crippen LogP contribution in [0, 0.1) is 5.92 Å². The molecule has 1 aromatic carbocycles. The highest BCUT2D eigenvalue weighted by Gasteiger charge is 2.14. The van der Waals surface area contributed by atoms with Gasteiger partial charge in [-0.2, -0.15) is 0 Å². The van der Waals surface area contributed by atoms with Gasteiger partial charge in [-0.1, -0.05) is 19.1 Å². The SMILES string of the molecule is CCOc1ccccc1C(=O)NCC(=O)NCC(C)CC(=O)O. The van der Waals surface area contributed by atoms with E-state index >= 15 is 0 Å². The molecule has 0 fully saturated rings. The van der Waals surface area contributed by atoms with E-state index in [1.165, 1.54) is 0 Å². The maximum absolute atomic E-state index is 12.1. The van der Waals surface area contributed by atoms with Gasteiger partial charge in [-0.3, -0.25) is 14.4 Å². The van der Waals surface area contributed by atoms with Gasteiger partial charge in [0, 0.05) is 13.0 Å². The van der Waals surface area contributed by atoms with Crippen molar-refractivity contribution in [3.63, 3.8) is 0 Å². The molecule has 23 heavy (non-hydrogen) atoms. The number of carbonyl (C=O) groups excluding carboxylic acids is 2. The minimum atomic E-state index is -0.910. The molecule has 1 atom stereocenters. The zero-order chi connectivity index (χ0) is 17.2. The standard InChI is InChI=1S/C16H22N2O5/c1-3-23-13-7-5-4-6-12(13)16(22)18-10-14(19)17-9-11(2)8-15(20)21/h4-7,11H,3,8-10H2,1-2H3,(H,17,19)(H,18,22)(H,20,21). The second-order valence-corrected chi connectivity index (χ2v) is 5.12. The molecule has 126 valence electrons. The van der Waals surface area contributed by atoms with Crippen molar-refractivity contribution >= 4 is 17.8 Å². The average molecular weight is 322 g/mol. The lowest BCUT2D eigenvalue weighted by molar-refractivity contribution is -0.138. The van der Waals surface area contributed by atoms with Crippen molar-refractivity contribution in [1.82, 2.24) is 10.6 Å². The van der Waals surface area contributed by atoms with Crippen LogP contribution in [0.1, 0.15) is 30.6 Å². The minimum Gasteiger partial charge on any atom is -0.493 e. The van der Waals surface area contributed by atoms with Crippen LogP contribution in [0.15, 0.2) is 24.3 Å². The maximum Gasteiger partial charge on any atom is 0.303 e. The first-order valence-electron chi connectivity index (χ1n) is 7.42. The molecule has 0 heterocycles. The lowest BCUT2D eigenvalue weighted by Crippen LogP contribution is -2.38. The summed E-state index contributed by atoms with van der Waals surface area (Å²) in [7, 11) is 0. The van der Waals surface area contributed by atoms with Gasteiger partial charge in [-0.25, -0.2) is 0 Å². The molecule has 0 radical (unpaired) electrons. The van der Waals surface area contributed by atoms with E-state index in [0.717, 1.165) is 0 Å². The molecule has 1 rings (SSSR count). The zero-order valence-electron chi connectivity index (χ0n) is 13.3. The number of carboxylic acid groups (broad SMARTS) is 1. The number of rotatable bonds is 9. The Morgan fingerprint density at radius 3 is 2.57 bits per heavy atom. The molecule has 2 amide bonds. The van der Waals surface area contributed by atoms with Crippen LogP contribution < -0.4 is 15.4 Å². The third-order valence-corrected chi connectivity index (χ3v) is 3.01. The Bertz CT molecular complexity index is 559. The molecule has 0 aliphatic carbocycles. The van der Waals surface area contributed by atoms with Crippen LogP contribution in [0.2, 0.25) is 0 Å². The monoisotopic (exact) mass is 322 g/mol. The number of aliphatic carboxylic acids is 1. The number of ether oxygens (including phenoxy) is 1. The quantitative estimate of drug-likeness (QED) is 0.630. The van der Waals surface area contributed by atoms with Crippen molar-refractivity contribution in [3.05, 3.63) is 29.8 Å². The largest absolute Gasteiger partial charge is 0.493 e. The second kappa shape index (κ2) is 9.45. The summed E-state index contributed by atoms with van der Waals surface area (Å²) in [5, 5.41) is 13.7. The molecule has 0 saturated heterocycles. The van der Waals surface area contributed by atoms with Gasteiger partial charge in [0.05, 0.1) is 18.7 Å². The number of hydrogen-bond acceptors (Lipinski definition) is 4. The van der Waals surface area contributed by atoms with Crippen LogP contribution in [0.5, 0.6) is 5.75 Å². The van der Waals surface area contributed by atoms with Crippen molar-refractivity contribution in [2.45, 2.75) is 20.3 Å². The Hall–Kier alpha value is -2.57. The molecule has 0 saturated carbocycles. The van der Waals surface area contributed by atoms with Gasteiger partial charge in [0.2, 0.25) is 5.91 Å². The van der Waals surface area contributed by atoms with Crippen LogP contribution in [-0.2, 0) is 9.59 Å². The number of carbonyl (C=O) groups is 3. The third-order valence-electron chi connectivity index (χ3n) is 3.01. The number of nitrogens with one attached hydrogen (secondary N) is 2. The molecule has 7 heteroatoms. The van der Waals surface area contributed by atoms with Crippen molar-refractivity contribution < 1.29 is 24.2 Å². The Morgan fingerprint density at radius 2 is 1.91 bits per heavy atom. The van der Waals surface area contributed by atoms with E-state index < -0.39 is 11.9 Å². The van der Waals surface area contributed by atoms with Gasteiger partial charge in [0.15, 0.2) is 0 Å². The van der Waals surface area contributed by atoms with Crippen molar-refractivity contribution in [1.29, 1.82) is 0 Å². The second-order valence-electron chi connectivity index (χ2n) is 5.12. The highest BCUT2D eigenvalue weighted by Crippen LogP contribution is 2.17. The van der Waals surface area contributed by atoms with Crippen molar-refractivity contribution in [2.75, 3.05) is 19.7 Å². The van der Waals surface area contributed by atoms with Crippen LogP contribution >= 0.6 is 0 Å². The Balaban J connectivity index is 2.44. The van der Waals surface area contributed by atoms with Gasteiger partial charge in [0.1, 0.15) is 5.75 Å².